The molecule has 0 aliphatic carbocycles. The number of carbonyl (C=O) groups excluding carboxylic acids is 1. The van der Waals surface area contributed by atoms with Gasteiger partial charge in [-0.3, -0.25) is 4.79 Å². The maximum absolute atomic E-state index is 11.9. The third kappa shape index (κ3) is 2.20. The van der Waals surface area contributed by atoms with Gasteiger partial charge in [0.1, 0.15) is 11.9 Å². The van der Waals surface area contributed by atoms with Crippen LogP contribution in [0.2, 0.25) is 0 Å². The van der Waals surface area contributed by atoms with E-state index < -0.39 is 0 Å². The first-order valence-corrected chi connectivity index (χ1v) is 6.25. The number of ether oxygens (including phenoxy) is 1. The summed E-state index contributed by atoms with van der Waals surface area (Å²) in [7, 11) is 0. The Labute approximate surface area is 100 Å². The summed E-state index contributed by atoms with van der Waals surface area (Å²) in [6.45, 7) is 1.54. The third-order valence-corrected chi connectivity index (χ3v) is 3.50. The molecule has 0 aromatic carbocycles. The Bertz CT molecular complexity index is 410. The summed E-state index contributed by atoms with van der Waals surface area (Å²) < 4.78 is 7.49. The molecular weight excluding hydrogens is 218 g/mol. The Hall–Kier alpha value is -1.36. The Morgan fingerprint density at radius 3 is 3.29 bits per heavy atom. The molecule has 1 aromatic rings. The molecule has 0 bridgehead atoms. The zero-order chi connectivity index (χ0) is 11.7. The fourth-order valence-corrected chi connectivity index (χ4v) is 2.56. The lowest BCUT2D eigenvalue weighted by Crippen LogP contribution is -2.45. The van der Waals surface area contributed by atoms with Gasteiger partial charge in [0.2, 0.25) is 5.91 Å². The molecule has 2 aliphatic rings. The SMILES string of the molecule is O=C(NC1CCc2nccn2C1)C1CCCO1. The molecule has 0 spiro atoms. The van der Waals surface area contributed by atoms with E-state index in [9.17, 15) is 4.79 Å². The van der Waals surface area contributed by atoms with E-state index in [1.165, 1.54) is 0 Å². The average molecular weight is 235 g/mol. The number of aryl methyl sites for hydroxylation is 1. The smallest absolute Gasteiger partial charge is 0.249 e. The van der Waals surface area contributed by atoms with Gasteiger partial charge in [0, 0.05) is 38.0 Å². The van der Waals surface area contributed by atoms with Crippen LogP contribution in [0.15, 0.2) is 12.4 Å². The van der Waals surface area contributed by atoms with E-state index in [1.54, 1.807) is 0 Å². The lowest BCUT2D eigenvalue weighted by atomic mass is 10.1. The lowest BCUT2D eigenvalue weighted by Gasteiger charge is -2.25. The summed E-state index contributed by atoms with van der Waals surface area (Å²) in [6, 6.07) is 0.216. The van der Waals surface area contributed by atoms with Crippen LogP contribution < -0.4 is 5.32 Å². The first kappa shape index (κ1) is 10.8. The van der Waals surface area contributed by atoms with Gasteiger partial charge in [-0.15, -0.1) is 0 Å². The fraction of sp³-hybridized carbons (Fsp3) is 0.667. The monoisotopic (exact) mass is 235 g/mol. The molecule has 17 heavy (non-hydrogen) atoms. The van der Waals surface area contributed by atoms with E-state index in [0.717, 1.165) is 38.1 Å². The second-order valence-electron chi connectivity index (χ2n) is 4.74. The number of imidazole rings is 1. The van der Waals surface area contributed by atoms with Gasteiger partial charge in [0.15, 0.2) is 0 Å². The minimum absolute atomic E-state index is 0.0519. The van der Waals surface area contributed by atoms with E-state index in [1.807, 2.05) is 12.4 Å². The van der Waals surface area contributed by atoms with Gasteiger partial charge in [-0.25, -0.2) is 4.98 Å². The van der Waals surface area contributed by atoms with Crippen LogP contribution >= 0.6 is 0 Å². The topological polar surface area (TPSA) is 56.2 Å². The Kier molecular flexibility index (Phi) is 2.84. The highest BCUT2D eigenvalue weighted by Gasteiger charge is 2.27. The Balaban J connectivity index is 1.58. The van der Waals surface area contributed by atoms with Gasteiger partial charge in [-0.1, -0.05) is 0 Å². The molecule has 1 fully saturated rings. The zero-order valence-electron chi connectivity index (χ0n) is 9.76. The summed E-state index contributed by atoms with van der Waals surface area (Å²) in [4.78, 5) is 16.2. The molecule has 0 radical (unpaired) electrons. The van der Waals surface area contributed by atoms with Crippen molar-refractivity contribution in [2.75, 3.05) is 6.61 Å². The highest BCUT2D eigenvalue weighted by atomic mass is 16.5. The van der Waals surface area contributed by atoms with Crippen LogP contribution in [0, 0.1) is 0 Å². The van der Waals surface area contributed by atoms with Crippen molar-refractivity contribution >= 4 is 5.91 Å². The number of rotatable bonds is 2. The maximum Gasteiger partial charge on any atom is 0.249 e. The van der Waals surface area contributed by atoms with Crippen LogP contribution in [-0.2, 0) is 22.5 Å². The number of amides is 1. The average Bonchev–Trinajstić information content (AvgIpc) is 2.99. The number of hydrogen-bond acceptors (Lipinski definition) is 3. The van der Waals surface area contributed by atoms with E-state index in [2.05, 4.69) is 14.9 Å². The van der Waals surface area contributed by atoms with Crippen molar-refractivity contribution in [3.05, 3.63) is 18.2 Å². The molecule has 3 heterocycles. The van der Waals surface area contributed by atoms with E-state index in [4.69, 9.17) is 4.74 Å². The Morgan fingerprint density at radius 2 is 2.47 bits per heavy atom. The van der Waals surface area contributed by atoms with Gasteiger partial charge >= 0.3 is 0 Å². The second kappa shape index (κ2) is 4.49. The van der Waals surface area contributed by atoms with Crippen LogP contribution in [0.5, 0.6) is 0 Å². The highest BCUT2D eigenvalue weighted by molar-refractivity contribution is 5.81. The molecule has 1 amide bonds. The van der Waals surface area contributed by atoms with Crippen molar-refractivity contribution in [3.63, 3.8) is 0 Å². The lowest BCUT2D eigenvalue weighted by molar-refractivity contribution is -0.131. The van der Waals surface area contributed by atoms with Crippen molar-refractivity contribution < 1.29 is 9.53 Å². The fourth-order valence-electron chi connectivity index (χ4n) is 2.56. The van der Waals surface area contributed by atoms with Crippen LogP contribution in [0.3, 0.4) is 0 Å². The molecular formula is C12H17N3O2. The van der Waals surface area contributed by atoms with Crippen LogP contribution in [0.4, 0.5) is 0 Å². The summed E-state index contributed by atoms with van der Waals surface area (Å²) >= 11 is 0. The van der Waals surface area contributed by atoms with E-state index >= 15 is 0 Å². The summed E-state index contributed by atoms with van der Waals surface area (Å²) in [5, 5.41) is 3.08. The standard InChI is InChI=1S/C12H17N3O2/c16-12(10-2-1-7-17-10)14-9-3-4-11-13-5-6-15(11)8-9/h5-6,9-10H,1-4,7-8H2,(H,14,16). The van der Waals surface area contributed by atoms with Crippen molar-refractivity contribution in [3.8, 4) is 0 Å². The molecule has 0 saturated carbocycles. The van der Waals surface area contributed by atoms with Crippen molar-refractivity contribution in [1.29, 1.82) is 0 Å². The number of hydrogen-bond donors (Lipinski definition) is 1. The van der Waals surface area contributed by atoms with Crippen LogP contribution in [-0.4, -0.2) is 34.2 Å². The normalized spacial score (nSPS) is 27.8. The van der Waals surface area contributed by atoms with Gasteiger partial charge < -0.3 is 14.6 Å². The quantitative estimate of drug-likeness (QED) is 0.811. The second-order valence-corrected chi connectivity index (χ2v) is 4.74. The van der Waals surface area contributed by atoms with Gasteiger partial charge in [-0.2, -0.15) is 0 Å². The molecule has 2 unspecified atom stereocenters. The number of fused-ring (bicyclic) bond motifs is 1. The largest absolute Gasteiger partial charge is 0.368 e. The van der Waals surface area contributed by atoms with Crippen LogP contribution in [0.25, 0.3) is 0 Å². The maximum atomic E-state index is 11.9. The highest BCUT2D eigenvalue weighted by Crippen LogP contribution is 2.15. The minimum Gasteiger partial charge on any atom is -0.368 e. The van der Waals surface area contributed by atoms with Crippen molar-refractivity contribution in [1.82, 2.24) is 14.9 Å². The zero-order valence-corrected chi connectivity index (χ0v) is 9.76. The first-order valence-electron chi connectivity index (χ1n) is 6.25. The summed E-state index contributed by atoms with van der Waals surface area (Å²) in [5.74, 6) is 1.17. The molecule has 1 aromatic heterocycles. The number of nitrogens with zero attached hydrogens (tertiary/aromatic N) is 2. The molecule has 92 valence electrons. The summed E-state index contributed by atoms with van der Waals surface area (Å²) in [5.41, 5.74) is 0. The van der Waals surface area contributed by atoms with Crippen molar-refractivity contribution in [2.24, 2.45) is 0 Å². The number of nitrogens with one attached hydrogen (secondary N) is 1. The minimum atomic E-state index is -0.223. The molecule has 2 atom stereocenters. The van der Waals surface area contributed by atoms with Gasteiger partial charge in [-0.05, 0) is 19.3 Å². The molecule has 1 saturated heterocycles. The van der Waals surface area contributed by atoms with Crippen molar-refractivity contribution in [2.45, 2.75) is 44.4 Å². The number of carbonyl (C=O) groups is 1. The predicted molar refractivity (Wildman–Crippen MR) is 61.5 cm³/mol. The predicted octanol–water partition coefficient (Wildman–Crippen LogP) is 0.493. The molecule has 5 heteroatoms. The van der Waals surface area contributed by atoms with Gasteiger partial charge in [0.25, 0.3) is 0 Å². The first-order chi connectivity index (χ1) is 8.33. The molecule has 1 N–H and O–H groups in total. The molecule has 3 rings (SSSR count). The van der Waals surface area contributed by atoms with E-state index in [0.29, 0.717) is 6.61 Å². The third-order valence-electron chi connectivity index (χ3n) is 3.50. The molecule has 5 nitrogen and oxygen atoms in total. The van der Waals surface area contributed by atoms with Crippen LogP contribution in [0.1, 0.15) is 25.1 Å². The molecule has 2 aliphatic heterocycles. The summed E-state index contributed by atoms with van der Waals surface area (Å²) in [6.07, 6.45) is 7.32. The van der Waals surface area contributed by atoms with E-state index in [-0.39, 0.29) is 18.1 Å². The number of aromatic nitrogens is 2. The van der Waals surface area contributed by atoms with Gasteiger partial charge in [0.05, 0.1) is 0 Å². The Morgan fingerprint density at radius 1 is 1.53 bits per heavy atom.